The first kappa shape index (κ1) is 24.9. The van der Waals surface area contributed by atoms with Gasteiger partial charge in [0.05, 0.1) is 44.0 Å². The number of ether oxygens (including phenoxy) is 1. The van der Waals surface area contributed by atoms with E-state index in [9.17, 15) is 14.4 Å². The Bertz CT molecular complexity index is 1080. The van der Waals surface area contributed by atoms with Gasteiger partial charge in [-0.1, -0.05) is 77.8 Å². The lowest BCUT2D eigenvalue weighted by Crippen LogP contribution is -2.47. The standard InChI is InChI=1S/C21H17Cl5N2O4/c1-3-4-5-11(19(29)27-10-8-9(22)6-7-12(10)32-2)28-20(30)13-14(21(28)31)16(24)18(26)17(25)15(13)23/h6-8,11H,3-5H2,1-2H3,(H,27,29). The van der Waals surface area contributed by atoms with E-state index in [2.05, 4.69) is 5.32 Å². The van der Waals surface area contributed by atoms with Gasteiger partial charge in [0.25, 0.3) is 11.8 Å². The van der Waals surface area contributed by atoms with Crippen molar-refractivity contribution in [1.82, 2.24) is 4.90 Å². The highest BCUT2D eigenvalue weighted by molar-refractivity contribution is 6.55. The van der Waals surface area contributed by atoms with E-state index in [0.29, 0.717) is 22.9 Å². The van der Waals surface area contributed by atoms with Crippen molar-refractivity contribution >= 4 is 81.4 Å². The van der Waals surface area contributed by atoms with Gasteiger partial charge in [-0.3, -0.25) is 19.3 Å². The Balaban J connectivity index is 2.03. The lowest BCUT2D eigenvalue weighted by Gasteiger charge is -2.25. The number of imide groups is 1. The summed E-state index contributed by atoms with van der Waals surface area (Å²) in [6.07, 6.45) is 1.52. The number of hydrogen-bond donors (Lipinski definition) is 1. The number of hydrogen-bond acceptors (Lipinski definition) is 4. The molecule has 0 fully saturated rings. The van der Waals surface area contributed by atoms with E-state index in [0.717, 1.165) is 11.3 Å². The molecule has 0 bridgehead atoms. The Morgan fingerprint density at radius 3 is 2.06 bits per heavy atom. The van der Waals surface area contributed by atoms with Crippen molar-refractivity contribution in [2.45, 2.75) is 32.2 Å². The van der Waals surface area contributed by atoms with Crippen molar-refractivity contribution in [3.63, 3.8) is 0 Å². The average molecular weight is 539 g/mol. The van der Waals surface area contributed by atoms with Crippen LogP contribution in [0.1, 0.15) is 46.9 Å². The predicted molar refractivity (Wildman–Crippen MR) is 127 cm³/mol. The number of carbonyl (C=O) groups excluding carboxylic acids is 3. The molecule has 2 aromatic rings. The first-order chi connectivity index (χ1) is 15.1. The number of halogens is 5. The van der Waals surface area contributed by atoms with E-state index < -0.39 is 23.8 Å². The van der Waals surface area contributed by atoms with Crippen LogP contribution in [0.4, 0.5) is 5.69 Å². The first-order valence-electron chi connectivity index (χ1n) is 9.52. The number of methoxy groups -OCH3 is 1. The number of anilines is 1. The van der Waals surface area contributed by atoms with Crippen LogP contribution in [0.5, 0.6) is 5.75 Å². The minimum absolute atomic E-state index is 0.140. The van der Waals surface area contributed by atoms with E-state index in [1.807, 2.05) is 6.92 Å². The molecule has 170 valence electrons. The van der Waals surface area contributed by atoms with Crippen LogP contribution >= 0.6 is 58.0 Å². The molecule has 0 saturated heterocycles. The Kier molecular flexibility index (Phi) is 7.84. The third kappa shape index (κ3) is 4.39. The zero-order valence-corrected chi connectivity index (χ0v) is 20.7. The quantitative estimate of drug-likeness (QED) is 0.240. The second-order valence-electron chi connectivity index (χ2n) is 6.98. The molecule has 3 rings (SSSR count). The van der Waals surface area contributed by atoms with Crippen molar-refractivity contribution < 1.29 is 19.1 Å². The maximum absolute atomic E-state index is 13.3. The summed E-state index contributed by atoms with van der Waals surface area (Å²) in [7, 11) is 1.44. The van der Waals surface area contributed by atoms with Crippen LogP contribution in [-0.4, -0.2) is 35.8 Å². The van der Waals surface area contributed by atoms with Crippen LogP contribution in [0.3, 0.4) is 0 Å². The minimum Gasteiger partial charge on any atom is -0.495 e. The van der Waals surface area contributed by atoms with E-state index in [-0.39, 0.29) is 37.6 Å². The molecule has 6 nitrogen and oxygen atoms in total. The highest BCUT2D eigenvalue weighted by Crippen LogP contribution is 2.45. The zero-order chi connectivity index (χ0) is 23.7. The molecule has 32 heavy (non-hydrogen) atoms. The number of unbranched alkanes of at least 4 members (excludes halogenated alkanes) is 1. The summed E-state index contributed by atoms with van der Waals surface area (Å²) in [6.45, 7) is 1.92. The number of amides is 3. The molecule has 0 spiro atoms. The second kappa shape index (κ2) is 10.1. The molecule has 0 saturated carbocycles. The van der Waals surface area contributed by atoms with Crippen LogP contribution < -0.4 is 10.1 Å². The molecule has 1 N–H and O–H groups in total. The largest absolute Gasteiger partial charge is 0.495 e. The molecule has 1 aliphatic heterocycles. The van der Waals surface area contributed by atoms with Crippen LogP contribution in [0.2, 0.25) is 25.1 Å². The van der Waals surface area contributed by atoms with Gasteiger partial charge in [0.2, 0.25) is 5.91 Å². The van der Waals surface area contributed by atoms with Gasteiger partial charge in [-0.25, -0.2) is 0 Å². The van der Waals surface area contributed by atoms with Gasteiger partial charge < -0.3 is 10.1 Å². The fraction of sp³-hybridized carbons (Fsp3) is 0.286. The van der Waals surface area contributed by atoms with Crippen LogP contribution in [0, 0.1) is 0 Å². The van der Waals surface area contributed by atoms with Crippen LogP contribution in [0.25, 0.3) is 0 Å². The number of nitrogens with one attached hydrogen (secondary N) is 1. The SMILES string of the molecule is CCCCC(C(=O)Nc1cc(Cl)ccc1OC)N1C(=O)c2c(Cl)c(Cl)c(Cl)c(Cl)c2C1=O. The number of nitrogens with zero attached hydrogens (tertiary/aromatic N) is 1. The van der Waals surface area contributed by atoms with E-state index in [1.165, 1.54) is 13.2 Å². The van der Waals surface area contributed by atoms with Crippen LogP contribution in [0.15, 0.2) is 18.2 Å². The fourth-order valence-corrected chi connectivity index (χ4v) is 4.60. The maximum atomic E-state index is 13.3. The molecule has 11 heteroatoms. The van der Waals surface area contributed by atoms with E-state index in [1.54, 1.807) is 12.1 Å². The summed E-state index contributed by atoms with van der Waals surface area (Å²) in [5.74, 6) is -1.78. The zero-order valence-electron chi connectivity index (χ0n) is 16.9. The molecule has 2 aromatic carbocycles. The third-order valence-electron chi connectivity index (χ3n) is 5.00. The fourth-order valence-electron chi connectivity index (χ4n) is 3.42. The second-order valence-corrected chi connectivity index (χ2v) is 8.93. The molecular weight excluding hydrogens is 522 g/mol. The van der Waals surface area contributed by atoms with Gasteiger partial charge in [-0.2, -0.15) is 0 Å². The van der Waals surface area contributed by atoms with Gasteiger partial charge in [0.15, 0.2) is 0 Å². The summed E-state index contributed by atoms with van der Waals surface area (Å²) in [5, 5.41) is 2.40. The Hall–Kier alpha value is -1.70. The molecule has 3 amide bonds. The topological polar surface area (TPSA) is 75.7 Å². The summed E-state index contributed by atoms with van der Waals surface area (Å²) >= 11 is 30.6. The van der Waals surface area contributed by atoms with Crippen molar-refractivity contribution in [3.05, 3.63) is 54.4 Å². The molecule has 1 unspecified atom stereocenters. The number of rotatable bonds is 7. The smallest absolute Gasteiger partial charge is 0.263 e. The van der Waals surface area contributed by atoms with Gasteiger partial charge in [0, 0.05) is 5.02 Å². The highest BCUT2D eigenvalue weighted by Gasteiger charge is 2.46. The molecule has 0 aromatic heterocycles. The highest BCUT2D eigenvalue weighted by atomic mass is 35.5. The van der Waals surface area contributed by atoms with Gasteiger partial charge >= 0.3 is 0 Å². The average Bonchev–Trinajstić information content (AvgIpc) is 3.02. The molecular formula is C21H17Cl5N2O4. The van der Waals surface area contributed by atoms with Crippen molar-refractivity contribution in [2.75, 3.05) is 12.4 Å². The molecule has 1 atom stereocenters. The molecule has 0 radical (unpaired) electrons. The van der Waals surface area contributed by atoms with Crippen molar-refractivity contribution in [2.24, 2.45) is 0 Å². The first-order valence-corrected chi connectivity index (χ1v) is 11.4. The molecule has 0 aliphatic carbocycles. The van der Waals surface area contributed by atoms with Gasteiger partial charge in [-0.15, -0.1) is 0 Å². The summed E-state index contributed by atoms with van der Waals surface area (Å²) in [5.41, 5.74) is -0.0540. The molecule has 1 aliphatic rings. The van der Waals surface area contributed by atoms with Crippen molar-refractivity contribution in [3.8, 4) is 5.75 Å². The predicted octanol–water partition coefficient (Wildman–Crippen LogP) is 6.76. The van der Waals surface area contributed by atoms with E-state index in [4.69, 9.17) is 62.7 Å². The Labute approximate surface area is 209 Å². The normalized spacial score (nSPS) is 13.9. The van der Waals surface area contributed by atoms with E-state index >= 15 is 0 Å². The Morgan fingerprint density at radius 2 is 1.56 bits per heavy atom. The number of fused-ring (bicyclic) bond motifs is 1. The summed E-state index contributed by atoms with van der Waals surface area (Å²) < 4.78 is 5.25. The van der Waals surface area contributed by atoms with Crippen LogP contribution in [-0.2, 0) is 4.79 Å². The minimum atomic E-state index is -1.14. The Morgan fingerprint density at radius 1 is 1.00 bits per heavy atom. The summed E-state index contributed by atoms with van der Waals surface area (Å²) in [4.78, 5) is 40.5. The number of benzene rings is 2. The third-order valence-corrected chi connectivity index (χ3v) is 7.03. The lowest BCUT2D eigenvalue weighted by molar-refractivity contribution is -0.120. The maximum Gasteiger partial charge on any atom is 0.263 e. The number of carbonyl (C=O) groups is 3. The lowest BCUT2D eigenvalue weighted by atomic mass is 10.1. The summed E-state index contributed by atoms with van der Waals surface area (Å²) in [6, 6.07) is 3.55. The van der Waals surface area contributed by atoms with Gasteiger partial charge in [-0.05, 0) is 24.6 Å². The monoisotopic (exact) mass is 536 g/mol. The van der Waals surface area contributed by atoms with Crippen molar-refractivity contribution in [1.29, 1.82) is 0 Å². The van der Waals surface area contributed by atoms with Gasteiger partial charge in [0.1, 0.15) is 11.8 Å². The molecule has 1 heterocycles.